The van der Waals surface area contributed by atoms with Crippen LogP contribution in [0.5, 0.6) is 5.75 Å². The molecule has 0 spiro atoms. The zero-order valence-electron chi connectivity index (χ0n) is 13.5. The Balaban J connectivity index is 1.90. The average molecular weight is 302 g/mol. The van der Waals surface area contributed by atoms with Gasteiger partial charge in [0, 0.05) is 11.6 Å². The van der Waals surface area contributed by atoms with E-state index in [1.165, 1.54) is 0 Å². The van der Waals surface area contributed by atoms with Crippen molar-refractivity contribution >= 4 is 11.5 Å². The fourth-order valence-electron chi connectivity index (χ4n) is 3.42. The van der Waals surface area contributed by atoms with Gasteiger partial charge in [-0.25, -0.2) is 9.50 Å². The maximum Gasteiger partial charge on any atom is 0.180 e. The van der Waals surface area contributed by atoms with E-state index in [0.717, 1.165) is 22.8 Å². The van der Waals surface area contributed by atoms with E-state index in [9.17, 15) is 0 Å². The highest BCUT2D eigenvalue weighted by molar-refractivity contribution is 5.62. The Kier molecular flexibility index (Phi) is 3.04. The summed E-state index contributed by atoms with van der Waals surface area (Å²) in [5.74, 6) is 2.10. The molecule has 2 aliphatic rings. The molecular formula is C16H22N4O2. The maximum absolute atomic E-state index is 6.12. The highest BCUT2D eigenvalue weighted by Crippen LogP contribution is 2.38. The summed E-state index contributed by atoms with van der Waals surface area (Å²) in [5.41, 5.74) is 2.08. The summed E-state index contributed by atoms with van der Waals surface area (Å²) >= 11 is 0. The normalized spacial score (nSPS) is 24.0. The Morgan fingerprint density at radius 3 is 2.77 bits per heavy atom. The molecule has 2 atom stereocenters. The van der Waals surface area contributed by atoms with Crippen LogP contribution in [0.2, 0.25) is 0 Å². The summed E-state index contributed by atoms with van der Waals surface area (Å²) < 4.78 is 13.6. The van der Waals surface area contributed by atoms with Crippen LogP contribution in [0.3, 0.4) is 0 Å². The summed E-state index contributed by atoms with van der Waals surface area (Å²) in [6, 6.07) is 0.588. The molecule has 2 aromatic heterocycles. The van der Waals surface area contributed by atoms with Crippen molar-refractivity contribution in [2.45, 2.75) is 51.8 Å². The summed E-state index contributed by atoms with van der Waals surface area (Å²) in [6.07, 6.45) is 3.93. The van der Waals surface area contributed by atoms with Gasteiger partial charge in [-0.1, -0.05) is 13.8 Å². The molecule has 4 rings (SSSR count). The minimum Gasteiger partial charge on any atom is -0.480 e. The molecule has 2 aromatic rings. The Bertz CT molecular complexity index is 709. The predicted octanol–water partition coefficient (Wildman–Crippen LogP) is 2.23. The van der Waals surface area contributed by atoms with Crippen LogP contribution >= 0.6 is 0 Å². The molecule has 1 saturated heterocycles. The van der Waals surface area contributed by atoms with Gasteiger partial charge in [-0.05, 0) is 19.8 Å². The van der Waals surface area contributed by atoms with E-state index in [-0.39, 0.29) is 12.1 Å². The van der Waals surface area contributed by atoms with Crippen molar-refractivity contribution < 1.29 is 9.47 Å². The molecule has 22 heavy (non-hydrogen) atoms. The van der Waals surface area contributed by atoms with E-state index in [2.05, 4.69) is 37.7 Å². The van der Waals surface area contributed by atoms with Crippen molar-refractivity contribution in [1.29, 1.82) is 0 Å². The van der Waals surface area contributed by atoms with E-state index in [1.807, 2.05) is 16.9 Å². The van der Waals surface area contributed by atoms with E-state index >= 15 is 0 Å². The zero-order valence-corrected chi connectivity index (χ0v) is 13.5. The first-order valence-electron chi connectivity index (χ1n) is 7.97. The van der Waals surface area contributed by atoms with Crippen LogP contribution in [0.4, 0.5) is 5.82 Å². The summed E-state index contributed by atoms with van der Waals surface area (Å²) in [7, 11) is 0. The van der Waals surface area contributed by atoms with Crippen LogP contribution in [-0.4, -0.2) is 46.0 Å². The Morgan fingerprint density at radius 2 is 2.05 bits per heavy atom. The second-order valence-corrected chi connectivity index (χ2v) is 6.71. The van der Waals surface area contributed by atoms with Gasteiger partial charge >= 0.3 is 0 Å². The van der Waals surface area contributed by atoms with Crippen LogP contribution in [-0.2, 0) is 4.74 Å². The third-order valence-corrected chi connectivity index (χ3v) is 4.53. The quantitative estimate of drug-likeness (QED) is 0.851. The lowest BCUT2D eigenvalue weighted by atomic mass is 10.1. The molecule has 0 bridgehead atoms. The highest BCUT2D eigenvalue weighted by atomic mass is 16.6. The van der Waals surface area contributed by atoms with Crippen LogP contribution in [0, 0.1) is 0 Å². The van der Waals surface area contributed by atoms with E-state index in [4.69, 9.17) is 14.5 Å². The molecule has 0 unspecified atom stereocenters. The maximum atomic E-state index is 6.12. The van der Waals surface area contributed by atoms with Crippen LogP contribution in [0.15, 0.2) is 12.4 Å². The lowest BCUT2D eigenvalue weighted by Gasteiger charge is -2.40. The number of anilines is 1. The number of nitrogens with zero attached hydrogens (tertiary/aromatic N) is 4. The van der Waals surface area contributed by atoms with Gasteiger partial charge in [-0.2, -0.15) is 5.10 Å². The van der Waals surface area contributed by atoms with Crippen molar-refractivity contribution in [3.63, 3.8) is 0 Å². The average Bonchev–Trinajstić information content (AvgIpc) is 3.07. The van der Waals surface area contributed by atoms with Crippen LogP contribution in [0.1, 0.15) is 39.2 Å². The zero-order chi connectivity index (χ0) is 15.4. The Hall–Kier alpha value is -1.82. The molecule has 6 heteroatoms. The smallest absolute Gasteiger partial charge is 0.180 e. The van der Waals surface area contributed by atoms with Gasteiger partial charge in [0.2, 0.25) is 0 Å². The molecule has 6 nitrogen and oxygen atoms in total. The second-order valence-electron chi connectivity index (χ2n) is 6.71. The number of ether oxygens (including phenoxy) is 2. The standard InChI is InChI=1S/C16H22N4O2/c1-9(2)11-5-17-19-6-13-16(18-15(11)19)20(10(3)4)12-7-21-8-14(12)22-13/h5-6,9-10,12,14H,7-8H2,1-4H3/t12-,14+/m0/s1. The fourth-order valence-corrected chi connectivity index (χ4v) is 3.42. The summed E-state index contributed by atoms with van der Waals surface area (Å²) in [5, 5.41) is 4.43. The van der Waals surface area contributed by atoms with Gasteiger partial charge < -0.3 is 14.4 Å². The van der Waals surface area contributed by atoms with Crippen LogP contribution in [0.25, 0.3) is 5.65 Å². The minimum absolute atomic E-state index is 0.0780. The minimum atomic E-state index is 0.0780. The first kappa shape index (κ1) is 13.8. The second kappa shape index (κ2) is 4.84. The third kappa shape index (κ3) is 1.90. The number of hydrogen-bond donors (Lipinski definition) is 0. The Morgan fingerprint density at radius 1 is 1.23 bits per heavy atom. The van der Waals surface area contributed by atoms with E-state index in [0.29, 0.717) is 25.2 Å². The van der Waals surface area contributed by atoms with Crippen molar-refractivity contribution in [2.24, 2.45) is 0 Å². The topological polar surface area (TPSA) is 51.9 Å². The van der Waals surface area contributed by atoms with Crippen molar-refractivity contribution in [1.82, 2.24) is 14.6 Å². The number of fused-ring (bicyclic) bond motifs is 3. The van der Waals surface area contributed by atoms with Gasteiger partial charge in [0.25, 0.3) is 0 Å². The van der Waals surface area contributed by atoms with E-state index < -0.39 is 0 Å². The molecule has 0 aromatic carbocycles. The highest BCUT2D eigenvalue weighted by Gasteiger charge is 2.42. The first-order chi connectivity index (χ1) is 10.6. The molecule has 0 amide bonds. The van der Waals surface area contributed by atoms with Crippen LogP contribution < -0.4 is 9.64 Å². The Labute approximate surface area is 130 Å². The third-order valence-electron chi connectivity index (χ3n) is 4.53. The molecule has 0 N–H and O–H groups in total. The lowest BCUT2D eigenvalue weighted by molar-refractivity contribution is 0.135. The molecule has 0 radical (unpaired) electrons. The lowest BCUT2D eigenvalue weighted by Crippen LogP contribution is -2.52. The summed E-state index contributed by atoms with van der Waals surface area (Å²) in [4.78, 5) is 7.25. The molecule has 4 heterocycles. The number of hydrogen-bond acceptors (Lipinski definition) is 5. The monoisotopic (exact) mass is 302 g/mol. The largest absolute Gasteiger partial charge is 0.480 e. The van der Waals surface area contributed by atoms with Gasteiger partial charge in [0.15, 0.2) is 17.2 Å². The number of aromatic nitrogens is 3. The van der Waals surface area contributed by atoms with E-state index in [1.54, 1.807) is 0 Å². The SMILES string of the molecule is CC(C)c1cnn2cc3c(nc12)N(C(C)C)[C@H]1COC[C@H]1O3. The van der Waals surface area contributed by atoms with Crippen molar-refractivity contribution in [3.8, 4) is 5.75 Å². The predicted molar refractivity (Wildman–Crippen MR) is 83.7 cm³/mol. The number of rotatable bonds is 2. The van der Waals surface area contributed by atoms with Gasteiger partial charge in [-0.3, -0.25) is 0 Å². The fraction of sp³-hybridized carbons (Fsp3) is 0.625. The van der Waals surface area contributed by atoms with Crippen molar-refractivity contribution in [2.75, 3.05) is 18.1 Å². The molecule has 1 fully saturated rings. The van der Waals surface area contributed by atoms with Gasteiger partial charge in [-0.15, -0.1) is 0 Å². The molecule has 0 aliphatic carbocycles. The van der Waals surface area contributed by atoms with Crippen molar-refractivity contribution in [3.05, 3.63) is 18.0 Å². The van der Waals surface area contributed by atoms with Gasteiger partial charge in [0.1, 0.15) is 6.10 Å². The molecule has 2 aliphatic heterocycles. The summed E-state index contributed by atoms with van der Waals surface area (Å²) in [6.45, 7) is 10.0. The first-order valence-corrected chi connectivity index (χ1v) is 7.97. The molecule has 118 valence electrons. The van der Waals surface area contributed by atoms with Gasteiger partial charge in [0.05, 0.1) is 31.6 Å². The molecule has 0 saturated carbocycles. The molecular weight excluding hydrogens is 280 g/mol.